The Kier molecular flexibility index (Phi) is 4.94. The van der Waals surface area contributed by atoms with Crippen LogP contribution in [0.15, 0.2) is 24.3 Å². The van der Waals surface area contributed by atoms with Crippen molar-refractivity contribution < 1.29 is 9.50 Å². The van der Waals surface area contributed by atoms with Crippen molar-refractivity contribution in [2.24, 2.45) is 0 Å². The minimum atomic E-state index is -0.674. The van der Waals surface area contributed by atoms with E-state index in [0.29, 0.717) is 6.42 Å². The molecule has 1 nitrogen and oxygen atoms in total. The molecule has 0 amide bonds. The molecule has 0 aliphatic heterocycles. The minimum Gasteiger partial charge on any atom is -0.390 e. The van der Waals surface area contributed by atoms with Crippen LogP contribution >= 0.6 is 0 Å². The number of hydrogen-bond donors (Lipinski definition) is 1. The van der Waals surface area contributed by atoms with Crippen LogP contribution in [0.3, 0.4) is 0 Å². The zero-order valence-electron chi connectivity index (χ0n) is 10.2. The van der Waals surface area contributed by atoms with E-state index in [2.05, 4.69) is 6.92 Å². The smallest absolute Gasteiger partial charge is 0.123 e. The van der Waals surface area contributed by atoms with Gasteiger partial charge >= 0.3 is 0 Å². The van der Waals surface area contributed by atoms with E-state index in [-0.39, 0.29) is 5.82 Å². The van der Waals surface area contributed by atoms with Crippen molar-refractivity contribution in [1.29, 1.82) is 0 Å². The molecule has 0 aromatic heterocycles. The lowest BCUT2D eigenvalue weighted by Gasteiger charge is -2.23. The molecule has 0 radical (unpaired) electrons. The van der Waals surface area contributed by atoms with Gasteiger partial charge in [0.25, 0.3) is 0 Å². The van der Waals surface area contributed by atoms with Crippen LogP contribution in [0, 0.1) is 5.82 Å². The van der Waals surface area contributed by atoms with Gasteiger partial charge in [-0.05, 0) is 31.0 Å². The van der Waals surface area contributed by atoms with Crippen LogP contribution in [0.4, 0.5) is 4.39 Å². The Hall–Kier alpha value is -0.890. The molecule has 0 saturated carbocycles. The van der Waals surface area contributed by atoms with E-state index >= 15 is 0 Å². The summed E-state index contributed by atoms with van der Waals surface area (Å²) in [6.07, 6.45) is 4.76. The summed E-state index contributed by atoms with van der Waals surface area (Å²) in [4.78, 5) is 0. The lowest BCUT2D eigenvalue weighted by molar-refractivity contribution is 0.0486. The maximum atomic E-state index is 12.7. The van der Waals surface area contributed by atoms with Gasteiger partial charge < -0.3 is 5.11 Å². The Bertz CT molecular complexity index is 303. The first-order valence-electron chi connectivity index (χ1n) is 6.00. The summed E-state index contributed by atoms with van der Waals surface area (Å²) in [7, 11) is 0. The van der Waals surface area contributed by atoms with E-state index in [1.807, 2.05) is 6.92 Å². The third kappa shape index (κ3) is 4.75. The summed E-state index contributed by atoms with van der Waals surface area (Å²) in [5, 5.41) is 10.2. The fraction of sp³-hybridized carbons (Fsp3) is 0.571. The highest BCUT2D eigenvalue weighted by Crippen LogP contribution is 2.20. The highest BCUT2D eigenvalue weighted by atomic mass is 19.1. The highest BCUT2D eigenvalue weighted by Gasteiger charge is 2.19. The summed E-state index contributed by atoms with van der Waals surface area (Å²) in [6.45, 7) is 4.00. The molecule has 0 heterocycles. The topological polar surface area (TPSA) is 20.2 Å². The Labute approximate surface area is 97.3 Å². The van der Waals surface area contributed by atoms with E-state index < -0.39 is 5.60 Å². The molecule has 1 rings (SSSR count). The molecule has 2 heteroatoms. The predicted molar refractivity (Wildman–Crippen MR) is 64.9 cm³/mol. The van der Waals surface area contributed by atoms with Gasteiger partial charge in [-0.1, -0.05) is 38.3 Å². The average Bonchev–Trinajstić information content (AvgIpc) is 2.21. The van der Waals surface area contributed by atoms with Crippen LogP contribution in [-0.4, -0.2) is 10.7 Å². The summed E-state index contributed by atoms with van der Waals surface area (Å²) >= 11 is 0. The number of aliphatic hydroxyl groups is 1. The third-order valence-electron chi connectivity index (χ3n) is 2.82. The molecule has 0 spiro atoms. The first-order valence-corrected chi connectivity index (χ1v) is 6.00. The lowest BCUT2D eigenvalue weighted by atomic mass is 9.91. The molecule has 0 aliphatic carbocycles. The molecule has 0 saturated heterocycles. The van der Waals surface area contributed by atoms with Crippen molar-refractivity contribution in [2.45, 2.75) is 51.6 Å². The lowest BCUT2D eigenvalue weighted by Crippen LogP contribution is -2.26. The average molecular weight is 224 g/mol. The monoisotopic (exact) mass is 224 g/mol. The standard InChI is InChI=1S/C14H21FO/c1-3-4-5-10-14(2,16)11-12-6-8-13(15)9-7-12/h6-9,16H,3-5,10-11H2,1-2H3. The summed E-state index contributed by atoms with van der Waals surface area (Å²) in [5.41, 5.74) is 0.315. The number of unbranched alkanes of at least 4 members (excludes halogenated alkanes) is 2. The zero-order valence-corrected chi connectivity index (χ0v) is 10.2. The van der Waals surface area contributed by atoms with Crippen molar-refractivity contribution in [3.8, 4) is 0 Å². The van der Waals surface area contributed by atoms with Gasteiger partial charge in [0, 0.05) is 6.42 Å². The van der Waals surface area contributed by atoms with E-state index in [4.69, 9.17) is 0 Å². The highest BCUT2D eigenvalue weighted by molar-refractivity contribution is 5.17. The fourth-order valence-corrected chi connectivity index (χ4v) is 1.89. The maximum Gasteiger partial charge on any atom is 0.123 e. The molecule has 16 heavy (non-hydrogen) atoms. The van der Waals surface area contributed by atoms with Gasteiger partial charge in [0.15, 0.2) is 0 Å². The molecular weight excluding hydrogens is 203 g/mol. The van der Waals surface area contributed by atoms with Gasteiger partial charge in [-0.3, -0.25) is 0 Å². The van der Waals surface area contributed by atoms with Crippen molar-refractivity contribution in [2.75, 3.05) is 0 Å². The summed E-state index contributed by atoms with van der Waals surface area (Å²) in [5.74, 6) is -0.227. The number of hydrogen-bond acceptors (Lipinski definition) is 1. The van der Waals surface area contributed by atoms with Crippen molar-refractivity contribution in [3.63, 3.8) is 0 Å². The van der Waals surface area contributed by atoms with Gasteiger partial charge in [0.1, 0.15) is 5.82 Å². The molecule has 1 atom stereocenters. The molecule has 1 aromatic rings. The minimum absolute atomic E-state index is 0.227. The van der Waals surface area contributed by atoms with Crippen LogP contribution in [-0.2, 0) is 6.42 Å². The molecular formula is C14H21FO. The summed E-state index contributed by atoms with van der Waals surface area (Å²) in [6, 6.07) is 6.36. The molecule has 1 unspecified atom stereocenters. The first kappa shape index (κ1) is 13.2. The second-order valence-corrected chi connectivity index (χ2v) is 4.76. The van der Waals surface area contributed by atoms with E-state index in [1.54, 1.807) is 12.1 Å². The number of benzene rings is 1. The van der Waals surface area contributed by atoms with Gasteiger partial charge in [-0.15, -0.1) is 0 Å². The molecule has 0 bridgehead atoms. The maximum absolute atomic E-state index is 12.7. The van der Waals surface area contributed by atoms with Crippen LogP contribution in [0.1, 0.15) is 45.1 Å². The van der Waals surface area contributed by atoms with E-state index in [1.165, 1.54) is 12.1 Å². The largest absolute Gasteiger partial charge is 0.390 e. The Balaban J connectivity index is 2.48. The second-order valence-electron chi connectivity index (χ2n) is 4.76. The van der Waals surface area contributed by atoms with Crippen LogP contribution in [0.5, 0.6) is 0 Å². The predicted octanol–water partition coefficient (Wildman–Crippen LogP) is 3.70. The van der Waals surface area contributed by atoms with Crippen molar-refractivity contribution >= 4 is 0 Å². The van der Waals surface area contributed by atoms with E-state index in [0.717, 1.165) is 31.2 Å². The Morgan fingerprint density at radius 1 is 1.19 bits per heavy atom. The molecule has 0 aliphatic rings. The van der Waals surface area contributed by atoms with Crippen LogP contribution in [0.2, 0.25) is 0 Å². The normalized spacial score (nSPS) is 14.8. The fourth-order valence-electron chi connectivity index (χ4n) is 1.89. The van der Waals surface area contributed by atoms with Gasteiger partial charge in [-0.2, -0.15) is 0 Å². The molecule has 1 N–H and O–H groups in total. The second kappa shape index (κ2) is 6.00. The Morgan fingerprint density at radius 3 is 2.38 bits per heavy atom. The van der Waals surface area contributed by atoms with E-state index in [9.17, 15) is 9.50 Å². The SMILES string of the molecule is CCCCCC(C)(O)Cc1ccc(F)cc1. The van der Waals surface area contributed by atoms with Gasteiger partial charge in [-0.25, -0.2) is 4.39 Å². The quantitative estimate of drug-likeness (QED) is 0.730. The van der Waals surface area contributed by atoms with Crippen LogP contribution in [0.25, 0.3) is 0 Å². The molecule has 0 fully saturated rings. The van der Waals surface area contributed by atoms with Crippen LogP contribution < -0.4 is 0 Å². The first-order chi connectivity index (χ1) is 7.53. The number of rotatable bonds is 6. The molecule has 90 valence electrons. The van der Waals surface area contributed by atoms with Crippen molar-refractivity contribution in [1.82, 2.24) is 0 Å². The van der Waals surface area contributed by atoms with Gasteiger partial charge in [0.05, 0.1) is 5.60 Å². The zero-order chi connectivity index (χ0) is 12.0. The number of halogens is 1. The molecule has 1 aromatic carbocycles. The van der Waals surface area contributed by atoms with Crippen molar-refractivity contribution in [3.05, 3.63) is 35.6 Å². The van der Waals surface area contributed by atoms with Gasteiger partial charge in [0.2, 0.25) is 0 Å². The summed E-state index contributed by atoms with van der Waals surface area (Å²) < 4.78 is 12.7. The Morgan fingerprint density at radius 2 is 1.81 bits per heavy atom. The third-order valence-corrected chi connectivity index (χ3v) is 2.82.